The van der Waals surface area contributed by atoms with Gasteiger partial charge < -0.3 is 10.1 Å². The Hall–Kier alpha value is -2.54. The minimum atomic E-state index is -3.64. The highest BCUT2D eigenvalue weighted by molar-refractivity contribution is 7.92. The molecule has 0 aliphatic rings. The Labute approximate surface area is 173 Å². The molecule has 0 saturated heterocycles. The lowest BCUT2D eigenvalue weighted by Gasteiger charge is -2.30. The number of carbonyl (C=O) groups excluding carboxylic acids is 1. The Kier molecular flexibility index (Phi) is 8.08. The second kappa shape index (κ2) is 10.3. The zero-order valence-corrected chi connectivity index (χ0v) is 18.3. The molecule has 1 amide bonds. The van der Waals surface area contributed by atoms with E-state index in [2.05, 4.69) is 29.6 Å². The van der Waals surface area contributed by atoms with Gasteiger partial charge >= 0.3 is 0 Å². The molecule has 0 aliphatic carbocycles. The average molecular weight is 419 g/mol. The van der Waals surface area contributed by atoms with E-state index in [1.807, 2.05) is 6.92 Å². The molecule has 0 saturated carbocycles. The molecule has 1 atom stereocenters. The Morgan fingerprint density at radius 3 is 2.24 bits per heavy atom. The monoisotopic (exact) mass is 418 g/mol. The molecular formula is C22H30N2O4S. The summed E-state index contributed by atoms with van der Waals surface area (Å²) in [4.78, 5) is 12.8. The minimum absolute atomic E-state index is 0.294. The van der Waals surface area contributed by atoms with Crippen LogP contribution in [0.2, 0.25) is 0 Å². The Bertz CT molecular complexity index is 893. The third-order valence-corrected chi connectivity index (χ3v) is 5.90. The largest absolute Gasteiger partial charge is 0.497 e. The molecule has 0 heterocycles. The van der Waals surface area contributed by atoms with E-state index in [4.69, 9.17) is 4.74 Å². The smallest absolute Gasteiger partial charge is 0.243 e. The summed E-state index contributed by atoms with van der Waals surface area (Å²) in [5.74, 6) is 0.327. The molecule has 0 aromatic heterocycles. The van der Waals surface area contributed by atoms with Gasteiger partial charge in [-0.15, -0.1) is 0 Å². The highest BCUT2D eigenvalue weighted by Crippen LogP contribution is 2.25. The lowest BCUT2D eigenvalue weighted by Crippen LogP contribution is -2.49. The van der Waals surface area contributed by atoms with Crippen molar-refractivity contribution < 1.29 is 17.9 Å². The molecule has 1 unspecified atom stereocenters. The second-order valence-corrected chi connectivity index (χ2v) is 8.92. The van der Waals surface area contributed by atoms with Gasteiger partial charge in [0.15, 0.2) is 0 Å². The molecule has 2 aromatic rings. The number of amides is 1. The number of anilines is 1. The molecule has 2 rings (SSSR count). The SMILES string of the molecule is CCC(C(=O)NCCCc1ccc(C)cc1)N(c1ccc(OC)cc1)S(C)(=O)=O. The first kappa shape index (κ1) is 22.7. The average Bonchev–Trinajstić information content (AvgIpc) is 2.69. The number of hydrogen-bond acceptors (Lipinski definition) is 4. The van der Waals surface area contributed by atoms with Crippen molar-refractivity contribution in [3.63, 3.8) is 0 Å². The van der Waals surface area contributed by atoms with Crippen molar-refractivity contribution in [1.82, 2.24) is 5.32 Å². The fourth-order valence-corrected chi connectivity index (χ4v) is 4.38. The van der Waals surface area contributed by atoms with Crippen LogP contribution in [0, 0.1) is 6.92 Å². The Morgan fingerprint density at radius 2 is 1.72 bits per heavy atom. The number of methoxy groups -OCH3 is 1. The summed E-state index contributed by atoms with van der Waals surface area (Å²) in [6, 6.07) is 14.2. The number of benzene rings is 2. The van der Waals surface area contributed by atoms with Crippen LogP contribution in [0.5, 0.6) is 5.75 Å². The van der Waals surface area contributed by atoms with Crippen molar-refractivity contribution in [2.75, 3.05) is 24.2 Å². The van der Waals surface area contributed by atoms with Crippen LogP contribution in [0.4, 0.5) is 5.69 Å². The van der Waals surface area contributed by atoms with Crippen molar-refractivity contribution in [2.24, 2.45) is 0 Å². The lowest BCUT2D eigenvalue weighted by atomic mass is 10.1. The number of nitrogens with zero attached hydrogens (tertiary/aromatic N) is 1. The van der Waals surface area contributed by atoms with E-state index in [-0.39, 0.29) is 5.91 Å². The van der Waals surface area contributed by atoms with Gasteiger partial charge in [0.2, 0.25) is 15.9 Å². The number of hydrogen-bond donors (Lipinski definition) is 1. The van der Waals surface area contributed by atoms with E-state index in [1.54, 1.807) is 38.3 Å². The van der Waals surface area contributed by atoms with E-state index in [9.17, 15) is 13.2 Å². The van der Waals surface area contributed by atoms with Gasteiger partial charge in [-0.05, 0) is 56.0 Å². The summed E-state index contributed by atoms with van der Waals surface area (Å²) in [7, 11) is -2.10. The van der Waals surface area contributed by atoms with Crippen molar-refractivity contribution in [2.45, 2.75) is 39.2 Å². The number of rotatable bonds is 10. The highest BCUT2D eigenvalue weighted by atomic mass is 32.2. The van der Waals surface area contributed by atoms with E-state index < -0.39 is 16.1 Å². The number of ether oxygens (including phenoxy) is 1. The quantitative estimate of drug-likeness (QED) is 0.601. The van der Waals surface area contributed by atoms with Gasteiger partial charge in [-0.1, -0.05) is 36.8 Å². The topological polar surface area (TPSA) is 75.7 Å². The molecule has 7 heteroatoms. The summed E-state index contributed by atoms with van der Waals surface area (Å²) in [5, 5.41) is 2.89. The van der Waals surface area contributed by atoms with Gasteiger partial charge in [-0.2, -0.15) is 0 Å². The first-order chi connectivity index (χ1) is 13.8. The zero-order valence-electron chi connectivity index (χ0n) is 17.5. The molecule has 0 bridgehead atoms. The third kappa shape index (κ3) is 6.49. The van der Waals surface area contributed by atoms with Gasteiger partial charge in [0, 0.05) is 6.54 Å². The number of carbonyl (C=O) groups is 1. The number of sulfonamides is 1. The molecular weight excluding hydrogens is 388 g/mol. The van der Waals surface area contributed by atoms with E-state index in [0.717, 1.165) is 19.1 Å². The van der Waals surface area contributed by atoms with Crippen LogP contribution in [0.15, 0.2) is 48.5 Å². The maximum Gasteiger partial charge on any atom is 0.243 e. The van der Waals surface area contributed by atoms with E-state index in [0.29, 0.717) is 24.4 Å². The molecule has 158 valence electrons. The molecule has 1 N–H and O–H groups in total. The Balaban J connectivity index is 2.04. The molecule has 0 fully saturated rings. The molecule has 0 spiro atoms. The van der Waals surface area contributed by atoms with Crippen molar-refractivity contribution >= 4 is 21.6 Å². The standard InChI is InChI=1S/C22H30N2O4S/c1-5-21(22(25)23-16-6-7-18-10-8-17(2)9-11-18)24(29(4,26)27)19-12-14-20(28-3)15-13-19/h8-15,21H,5-7,16H2,1-4H3,(H,23,25). The highest BCUT2D eigenvalue weighted by Gasteiger charge is 2.31. The summed E-state index contributed by atoms with van der Waals surface area (Å²) in [5.41, 5.74) is 2.87. The zero-order chi connectivity index (χ0) is 21.4. The maximum absolute atomic E-state index is 12.8. The van der Waals surface area contributed by atoms with Crippen LogP contribution in [0.3, 0.4) is 0 Å². The summed E-state index contributed by atoms with van der Waals surface area (Å²) in [6.45, 7) is 4.34. The Morgan fingerprint density at radius 1 is 1.10 bits per heavy atom. The summed E-state index contributed by atoms with van der Waals surface area (Å²) >= 11 is 0. The van der Waals surface area contributed by atoms with Gasteiger partial charge in [0.05, 0.1) is 19.1 Å². The molecule has 6 nitrogen and oxygen atoms in total. The first-order valence-corrected chi connectivity index (χ1v) is 11.6. The molecule has 0 radical (unpaired) electrons. The van der Waals surface area contributed by atoms with Crippen LogP contribution >= 0.6 is 0 Å². The van der Waals surface area contributed by atoms with Crippen LogP contribution in [0.25, 0.3) is 0 Å². The number of nitrogens with one attached hydrogen (secondary N) is 1. The van der Waals surface area contributed by atoms with Gasteiger partial charge in [0.1, 0.15) is 11.8 Å². The van der Waals surface area contributed by atoms with E-state index >= 15 is 0 Å². The van der Waals surface area contributed by atoms with Gasteiger partial charge in [0.25, 0.3) is 0 Å². The summed E-state index contributed by atoms with van der Waals surface area (Å²) in [6.07, 6.45) is 3.12. The van der Waals surface area contributed by atoms with Crippen LogP contribution in [0.1, 0.15) is 30.9 Å². The first-order valence-electron chi connectivity index (χ1n) is 9.73. The molecule has 29 heavy (non-hydrogen) atoms. The fourth-order valence-electron chi connectivity index (χ4n) is 3.17. The van der Waals surface area contributed by atoms with Gasteiger partial charge in [-0.3, -0.25) is 9.10 Å². The lowest BCUT2D eigenvalue weighted by molar-refractivity contribution is -0.122. The fraction of sp³-hybridized carbons (Fsp3) is 0.409. The normalized spacial score (nSPS) is 12.3. The second-order valence-electron chi connectivity index (χ2n) is 7.06. The van der Waals surface area contributed by atoms with Crippen molar-refractivity contribution in [1.29, 1.82) is 0 Å². The minimum Gasteiger partial charge on any atom is -0.497 e. The molecule has 0 aliphatic heterocycles. The summed E-state index contributed by atoms with van der Waals surface area (Å²) < 4.78 is 31.2. The van der Waals surface area contributed by atoms with Crippen molar-refractivity contribution in [3.05, 3.63) is 59.7 Å². The number of aryl methyl sites for hydroxylation is 2. The third-order valence-electron chi connectivity index (χ3n) is 4.72. The predicted molar refractivity (Wildman–Crippen MR) is 117 cm³/mol. The predicted octanol–water partition coefficient (Wildman–Crippen LogP) is 3.30. The van der Waals surface area contributed by atoms with Crippen LogP contribution in [-0.4, -0.2) is 40.3 Å². The van der Waals surface area contributed by atoms with Crippen molar-refractivity contribution in [3.8, 4) is 5.75 Å². The van der Waals surface area contributed by atoms with Crippen LogP contribution < -0.4 is 14.4 Å². The van der Waals surface area contributed by atoms with Crippen LogP contribution in [-0.2, 0) is 21.2 Å². The van der Waals surface area contributed by atoms with E-state index in [1.165, 1.54) is 15.4 Å². The van der Waals surface area contributed by atoms with Gasteiger partial charge in [-0.25, -0.2) is 8.42 Å². The maximum atomic E-state index is 12.8. The molecule has 2 aromatic carbocycles.